The second kappa shape index (κ2) is 7.97. The zero-order chi connectivity index (χ0) is 22.2. The zero-order valence-corrected chi connectivity index (χ0v) is 17.9. The highest BCUT2D eigenvalue weighted by atomic mass is 35.5. The van der Waals surface area contributed by atoms with Gasteiger partial charge in [0.25, 0.3) is 5.91 Å². The van der Waals surface area contributed by atoms with Crippen molar-refractivity contribution in [3.8, 4) is 22.7 Å². The third-order valence-electron chi connectivity index (χ3n) is 4.39. The number of hydrogen-bond acceptors (Lipinski definition) is 8. The smallest absolute Gasteiger partial charge is 0.322 e. The zero-order valence-electron chi connectivity index (χ0n) is 16.3. The van der Waals surface area contributed by atoms with Crippen molar-refractivity contribution in [2.24, 2.45) is 0 Å². The summed E-state index contributed by atoms with van der Waals surface area (Å²) in [5.41, 5.74) is 1.52. The topological polar surface area (TPSA) is 128 Å². The third-order valence-corrected chi connectivity index (χ3v) is 5.85. The number of halogens is 1. The van der Waals surface area contributed by atoms with E-state index >= 15 is 0 Å². The van der Waals surface area contributed by atoms with Crippen molar-refractivity contribution in [3.05, 3.63) is 64.9 Å². The van der Waals surface area contributed by atoms with Crippen LogP contribution in [0.4, 0.5) is 6.01 Å². The largest absolute Gasteiger partial charge is 0.403 e. The number of benzene rings is 2. The van der Waals surface area contributed by atoms with Crippen LogP contribution < -0.4 is 5.32 Å². The van der Waals surface area contributed by atoms with Crippen molar-refractivity contribution >= 4 is 33.4 Å². The van der Waals surface area contributed by atoms with Crippen LogP contribution in [0, 0.1) is 6.92 Å². The van der Waals surface area contributed by atoms with Crippen LogP contribution in [0.2, 0.25) is 5.02 Å². The molecule has 11 heteroatoms. The Kier molecular flexibility index (Phi) is 5.34. The number of hydrogen-bond donors (Lipinski definition) is 1. The fourth-order valence-corrected chi connectivity index (χ4v) is 3.73. The van der Waals surface area contributed by atoms with Gasteiger partial charge >= 0.3 is 6.01 Å². The Morgan fingerprint density at radius 1 is 1.06 bits per heavy atom. The predicted molar refractivity (Wildman–Crippen MR) is 112 cm³/mol. The van der Waals surface area contributed by atoms with Gasteiger partial charge in [-0.3, -0.25) is 10.1 Å². The monoisotopic (exact) mass is 458 g/mol. The highest BCUT2D eigenvalue weighted by molar-refractivity contribution is 7.90. The Bertz CT molecular complexity index is 1380. The van der Waals surface area contributed by atoms with Gasteiger partial charge in [-0.15, -0.1) is 5.10 Å². The van der Waals surface area contributed by atoms with Gasteiger partial charge in [-0.1, -0.05) is 40.1 Å². The van der Waals surface area contributed by atoms with E-state index < -0.39 is 15.7 Å². The molecular formula is C20H15ClN4O5S. The first-order valence-electron chi connectivity index (χ1n) is 8.90. The summed E-state index contributed by atoms with van der Waals surface area (Å²) < 4.78 is 33.8. The molecule has 2 heterocycles. The summed E-state index contributed by atoms with van der Waals surface area (Å²) in [5.74, 6) is -0.150. The van der Waals surface area contributed by atoms with Gasteiger partial charge in [0.15, 0.2) is 9.84 Å². The highest BCUT2D eigenvalue weighted by Crippen LogP contribution is 2.31. The molecule has 0 atom stereocenters. The number of carbonyl (C=O) groups is 1. The van der Waals surface area contributed by atoms with Crippen LogP contribution in [0.1, 0.15) is 16.1 Å². The molecule has 0 fully saturated rings. The molecule has 2 aromatic carbocycles. The quantitative estimate of drug-likeness (QED) is 0.475. The number of nitrogens with zero attached hydrogens (tertiary/aromatic N) is 3. The van der Waals surface area contributed by atoms with E-state index in [1.54, 1.807) is 31.2 Å². The first kappa shape index (κ1) is 20.8. The van der Waals surface area contributed by atoms with Crippen LogP contribution in [0.3, 0.4) is 0 Å². The normalized spacial score (nSPS) is 11.5. The molecule has 0 aliphatic heterocycles. The van der Waals surface area contributed by atoms with Gasteiger partial charge in [0, 0.05) is 17.4 Å². The van der Waals surface area contributed by atoms with Gasteiger partial charge in [-0.05, 0) is 37.3 Å². The van der Waals surface area contributed by atoms with Gasteiger partial charge in [0.1, 0.15) is 17.0 Å². The average molecular weight is 459 g/mol. The first-order valence-corrected chi connectivity index (χ1v) is 11.2. The molecule has 0 aliphatic carbocycles. The SMILES string of the molecule is Cc1onc(-c2ccccc2Cl)c1C(=O)Nc1nnc(-c2ccc(S(C)(=O)=O)cc2)o1. The number of amides is 1. The van der Waals surface area contributed by atoms with Crippen LogP contribution in [-0.4, -0.2) is 35.9 Å². The lowest BCUT2D eigenvalue weighted by atomic mass is 10.1. The highest BCUT2D eigenvalue weighted by Gasteiger charge is 2.24. The Labute approximate surface area is 182 Å². The summed E-state index contributed by atoms with van der Waals surface area (Å²) in [5, 5.41) is 14.6. The van der Waals surface area contributed by atoms with E-state index in [-0.39, 0.29) is 28.1 Å². The van der Waals surface area contributed by atoms with E-state index in [1.165, 1.54) is 24.3 Å². The number of carbonyl (C=O) groups excluding carboxylic acids is 1. The summed E-state index contributed by atoms with van der Waals surface area (Å²) in [6.07, 6.45) is 1.12. The lowest BCUT2D eigenvalue weighted by Crippen LogP contribution is -2.13. The second-order valence-corrected chi connectivity index (χ2v) is 9.03. The van der Waals surface area contributed by atoms with Gasteiger partial charge < -0.3 is 8.94 Å². The van der Waals surface area contributed by atoms with Crippen molar-refractivity contribution in [1.29, 1.82) is 0 Å². The molecule has 0 radical (unpaired) electrons. The summed E-state index contributed by atoms with van der Waals surface area (Å²) in [6, 6.07) is 12.7. The molecule has 0 spiro atoms. The van der Waals surface area contributed by atoms with E-state index in [0.29, 0.717) is 21.9 Å². The van der Waals surface area contributed by atoms with Crippen molar-refractivity contribution in [2.75, 3.05) is 11.6 Å². The summed E-state index contributed by atoms with van der Waals surface area (Å²) in [4.78, 5) is 13.0. The number of anilines is 1. The Hall–Kier alpha value is -3.50. The van der Waals surface area contributed by atoms with Gasteiger partial charge in [-0.25, -0.2) is 8.42 Å². The van der Waals surface area contributed by atoms with Gasteiger partial charge in [-0.2, -0.15) is 0 Å². The standard InChI is InChI=1S/C20H15ClN4O5S/c1-11-16(17(25-30-11)14-5-3-4-6-15(14)21)18(26)22-20-24-23-19(29-20)12-7-9-13(10-8-12)31(2,27)28/h3-10H,1-2H3,(H,22,24,26). The van der Waals surface area contributed by atoms with E-state index in [9.17, 15) is 13.2 Å². The molecule has 158 valence electrons. The van der Waals surface area contributed by atoms with Crippen LogP contribution in [0.5, 0.6) is 0 Å². The minimum absolute atomic E-state index is 0.115. The molecule has 31 heavy (non-hydrogen) atoms. The molecule has 9 nitrogen and oxygen atoms in total. The molecule has 0 aliphatic rings. The maximum atomic E-state index is 12.9. The second-order valence-electron chi connectivity index (χ2n) is 6.61. The average Bonchev–Trinajstić information content (AvgIpc) is 3.34. The Morgan fingerprint density at radius 3 is 2.45 bits per heavy atom. The van der Waals surface area contributed by atoms with Gasteiger partial charge in [0.2, 0.25) is 5.89 Å². The van der Waals surface area contributed by atoms with E-state index in [2.05, 4.69) is 20.7 Å². The van der Waals surface area contributed by atoms with Crippen LogP contribution >= 0.6 is 11.6 Å². The molecule has 4 rings (SSSR count). The minimum atomic E-state index is -3.32. The molecule has 1 N–H and O–H groups in total. The maximum Gasteiger partial charge on any atom is 0.322 e. The fourth-order valence-electron chi connectivity index (χ4n) is 2.87. The van der Waals surface area contributed by atoms with Crippen molar-refractivity contribution in [1.82, 2.24) is 15.4 Å². The van der Waals surface area contributed by atoms with Crippen molar-refractivity contribution in [2.45, 2.75) is 11.8 Å². The maximum absolute atomic E-state index is 12.9. The predicted octanol–water partition coefficient (Wildman–Crippen LogP) is 4.01. The minimum Gasteiger partial charge on any atom is -0.403 e. The molecule has 0 bridgehead atoms. The molecule has 0 saturated carbocycles. The molecule has 2 aromatic heterocycles. The molecular weight excluding hydrogens is 444 g/mol. The third kappa shape index (κ3) is 4.21. The van der Waals surface area contributed by atoms with Crippen LogP contribution in [-0.2, 0) is 9.84 Å². The number of nitrogens with one attached hydrogen (secondary N) is 1. The Morgan fingerprint density at radius 2 is 1.77 bits per heavy atom. The van der Waals surface area contributed by atoms with E-state index in [4.69, 9.17) is 20.5 Å². The number of sulfone groups is 1. The lowest BCUT2D eigenvalue weighted by Gasteiger charge is -2.04. The molecule has 0 saturated heterocycles. The number of aromatic nitrogens is 3. The van der Waals surface area contributed by atoms with Crippen molar-refractivity contribution < 1.29 is 22.2 Å². The lowest BCUT2D eigenvalue weighted by molar-refractivity contribution is 0.102. The molecule has 4 aromatic rings. The fraction of sp³-hybridized carbons (Fsp3) is 0.100. The number of rotatable bonds is 5. The summed E-state index contributed by atoms with van der Waals surface area (Å²) in [6.45, 7) is 1.60. The first-order chi connectivity index (χ1) is 14.7. The van der Waals surface area contributed by atoms with Crippen molar-refractivity contribution in [3.63, 3.8) is 0 Å². The molecule has 0 unspecified atom stereocenters. The van der Waals surface area contributed by atoms with Crippen LogP contribution in [0.25, 0.3) is 22.7 Å². The number of aryl methyl sites for hydroxylation is 1. The Balaban J connectivity index is 1.58. The van der Waals surface area contributed by atoms with E-state index in [1.807, 2.05) is 0 Å². The summed E-state index contributed by atoms with van der Waals surface area (Å²) >= 11 is 6.22. The van der Waals surface area contributed by atoms with Gasteiger partial charge in [0.05, 0.1) is 9.92 Å². The molecule has 1 amide bonds. The van der Waals surface area contributed by atoms with Crippen LogP contribution in [0.15, 0.2) is 62.4 Å². The van der Waals surface area contributed by atoms with E-state index in [0.717, 1.165) is 6.26 Å². The summed E-state index contributed by atoms with van der Waals surface area (Å²) in [7, 11) is -3.32.